The normalized spacial score (nSPS) is 23.7. The van der Waals surface area contributed by atoms with E-state index in [1.165, 1.54) is 0 Å². The van der Waals surface area contributed by atoms with Crippen LogP contribution in [0.1, 0.15) is 41.9 Å². The van der Waals surface area contributed by atoms with E-state index in [0.29, 0.717) is 56.5 Å². The number of nitrogens with zero attached hydrogens (tertiary/aromatic N) is 5. The number of aryl methyl sites for hydroxylation is 1. The molecular formula is C20H26N6O3. The quantitative estimate of drug-likeness (QED) is 0.839. The number of nitrogens with one attached hydrogen (secondary N) is 1. The van der Waals surface area contributed by atoms with Crippen LogP contribution in [-0.4, -0.2) is 69.6 Å². The first-order valence-electron chi connectivity index (χ1n) is 10.1. The van der Waals surface area contributed by atoms with E-state index in [4.69, 9.17) is 4.42 Å². The Morgan fingerprint density at radius 2 is 2.00 bits per heavy atom. The maximum Gasteiger partial charge on any atom is 0.317 e. The van der Waals surface area contributed by atoms with Gasteiger partial charge in [-0.05, 0) is 25.0 Å². The molecule has 0 saturated carbocycles. The van der Waals surface area contributed by atoms with E-state index in [9.17, 15) is 9.59 Å². The number of rotatable bonds is 4. The van der Waals surface area contributed by atoms with Crippen LogP contribution >= 0.6 is 0 Å². The van der Waals surface area contributed by atoms with Crippen LogP contribution < -0.4 is 5.32 Å². The Hall–Kier alpha value is -2.97. The molecular weight excluding hydrogens is 372 g/mol. The number of piperidine rings is 1. The van der Waals surface area contributed by atoms with Gasteiger partial charge in [0.1, 0.15) is 0 Å². The van der Waals surface area contributed by atoms with Gasteiger partial charge in [-0.25, -0.2) is 4.79 Å². The summed E-state index contributed by atoms with van der Waals surface area (Å²) >= 11 is 0. The summed E-state index contributed by atoms with van der Waals surface area (Å²) in [5.41, 5.74) is 0.205. The molecule has 0 unspecified atom stereocenters. The number of hydrogen-bond acceptors (Lipinski definition) is 6. The van der Waals surface area contributed by atoms with Crippen molar-refractivity contribution in [2.45, 2.75) is 32.1 Å². The Morgan fingerprint density at radius 3 is 2.69 bits per heavy atom. The Kier molecular flexibility index (Phi) is 5.21. The van der Waals surface area contributed by atoms with E-state index < -0.39 is 5.41 Å². The average Bonchev–Trinajstić information content (AvgIpc) is 3.36. The minimum Gasteiger partial charge on any atom is -0.425 e. The molecule has 2 aromatic rings. The van der Waals surface area contributed by atoms with Crippen molar-refractivity contribution in [3.8, 4) is 0 Å². The lowest BCUT2D eigenvalue weighted by molar-refractivity contribution is 0.0567. The zero-order valence-electron chi connectivity index (χ0n) is 16.8. The van der Waals surface area contributed by atoms with Crippen molar-refractivity contribution in [2.75, 3.05) is 32.7 Å². The molecule has 3 amide bonds. The molecule has 2 aromatic heterocycles. The molecule has 9 heteroatoms. The summed E-state index contributed by atoms with van der Waals surface area (Å²) in [5.74, 6) is 1.10. The van der Waals surface area contributed by atoms with Gasteiger partial charge < -0.3 is 19.5 Å². The second-order valence-electron chi connectivity index (χ2n) is 7.83. The molecule has 2 fully saturated rings. The Balaban J connectivity index is 1.58. The molecule has 9 nitrogen and oxygen atoms in total. The second kappa shape index (κ2) is 7.81. The molecule has 2 saturated heterocycles. The number of amides is 3. The standard InChI is InChI=1S/C20H26N6O3/c1-3-7-22-19(28)26-12-16-11-25(17(27)15-4-8-21-9-5-15)10-6-20(16,13-26)18-24-23-14(2)29-18/h4-5,8-9,16H,3,6-7,10-13H2,1-2H3,(H,22,28)/t16-,20-/m0/s1. The Labute approximate surface area is 169 Å². The van der Waals surface area contributed by atoms with Gasteiger partial charge in [0.25, 0.3) is 5.91 Å². The first-order chi connectivity index (χ1) is 14.0. The predicted octanol–water partition coefficient (Wildman–Crippen LogP) is 1.61. The smallest absolute Gasteiger partial charge is 0.317 e. The highest BCUT2D eigenvalue weighted by Crippen LogP contribution is 2.45. The van der Waals surface area contributed by atoms with Gasteiger partial charge in [0, 0.05) is 63.5 Å². The minimum atomic E-state index is -0.417. The number of fused-ring (bicyclic) bond motifs is 1. The molecule has 2 aliphatic heterocycles. The van der Waals surface area contributed by atoms with Crippen molar-refractivity contribution in [3.63, 3.8) is 0 Å². The van der Waals surface area contributed by atoms with Crippen LogP contribution in [0.5, 0.6) is 0 Å². The van der Waals surface area contributed by atoms with Crippen molar-refractivity contribution in [1.29, 1.82) is 0 Å². The van der Waals surface area contributed by atoms with Crippen LogP contribution in [0.15, 0.2) is 28.9 Å². The van der Waals surface area contributed by atoms with Gasteiger partial charge in [-0.2, -0.15) is 0 Å². The van der Waals surface area contributed by atoms with Gasteiger partial charge in [0.05, 0.1) is 5.41 Å². The fourth-order valence-electron chi connectivity index (χ4n) is 4.39. The number of aromatic nitrogens is 3. The highest BCUT2D eigenvalue weighted by atomic mass is 16.4. The van der Waals surface area contributed by atoms with E-state index in [1.54, 1.807) is 31.5 Å². The van der Waals surface area contributed by atoms with Crippen LogP contribution in [0.2, 0.25) is 0 Å². The van der Waals surface area contributed by atoms with E-state index >= 15 is 0 Å². The number of urea groups is 1. The molecule has 0 radical (unpaired) electrons. The van der Waals surface area contributed by atoms with E-state index in [1.807, 2.05) is 16.7 Å². The maximum absolute atomic E-state index is 12.9. The molecule has 2 aliphatic rings. The van der Waals surface area contributed by atoms with Crippen LogP contribution in [-0.2, 0) is 5.41 Å². The van der Waals surface area contributed by atoms with E-state index in [-0.39, 0.29) is 17.9 Å². The Bertz CT molecular complexity index is 885. The zero-order chi connectivity index (χ0) is 20.4. The molecule has 0 bridgehead atoms. The number of hydrogen-bond donors (Lipinski definition) is 1. The summed E-state index contributed by atoms with van der Waals surface area (Å²) in [7, 11) is 0. The monoisotopic (exact) mass is 398 g/mol. The lowest BCUT2D eigenvalue weighted by atomic mass is 9.72. The zero-order valence-corrected chi connectivity index (χ0v) is 16.8. The first-order valence-corrected chi connectivity index (χ1v) is 10.1. The number of carbonyl (C=O) groups is 2. The maximum atomic E-state index is 12.9. The molecule has 0 aromatic carbocycles. The SMILES string of the molecule is CCCNC(=O)N1C[C@@H]2CN(C(=O)c3ccncc3)CC[C@]2(c2nnc(C)o2)C1. The summed E-state index contributed by atoms with van der Waals surface area (Å²) in [6.45, 7) is 6.62. The van der Waals surface area contributed by atoms with Gasteiger partial charge in [0.2, 0.25) is 11.8 Å². The lowest BCUT2D eigenvalue weighted by Crippen LogP contribution is -2.51. The third kappa shape index (κ3) is 3.56. The minimum absolute atomic E-state index is 0.0170. The van der Waals surface area contributed by atoms with Crippen molar-refractivity contribution >= 4 is 11.9 Å². The van der Waals surface area contributed by atoms with Crippen molar-refractivity contribution in [1.82, 2.24) is 30.3 Å². The van der Waals surface area contributed by atoms with Crippen molar-refractivity contribution < 1.29 is 14.0 Å². The van der Waals surface area contributed by atoms with Gasteiger partial charge in [0.15, 0.2) is 0 Å². The van der Waals surface area contributed by atoms with Gasteiger partial charge >= 0.3 is 6.03 Å². The van der Waals surface area contributed by atoms with Crippen LogP contribution in [0.25, 0.3) is 0 Å². The highest BCUT2D eigenvalue weighted by molar-refractivity contribution is 5.94. The summed E-state index contributed by atoms with van der Waals surface area (Å²) in [6.07, 6.45) is 4.80. The second-order valence-corrected chi connectivity index (χ2v) is 7.83. The summed E-state index contributed by atoms with van der Waals surface area (Å²) in [6, 6.07) is 3.37. The summed E-state index contributed by atoms with van der Waals surface area (Å²) in [4.78, 5) is 33.2. The molecule has 4 rings (SSSR count). The van der Waals surface area contributed by atoms with Crippen LogP contribution in [0.4, 0.5) is 4.79 Å². The third-order valence-corrected chi connectivity index (χ3v) is 5.94. The molecule has 1 N–H and O–H groups in total. The largest absolute Gasteiger partial charge is 0.425 e. The van der Waals surface area contributed by atoms with E-state index in [2.05, 4.69) is 20.5 Å². The Morgan fingerprint density at radius 1 is 1.24 bits per heavy atom. The molecule has 4 heterocycles. The molecule has 2 atom stereocenters. The number of carbonyl (C=O) groups excluding carboxylic acids is 2. The topological polar surface area (TPSA) is 104 Å². The predicted molar refractivity (Wildman–Crippen MR) is 104 cm³/mol. The highest BCUT2D eigenvalue weighted by Gasteiger charge is 2.55. The molecule has 0 aliphatic carbocycles. The molecule has 154 valence electrons. The lowest BCUT2D eigenvalue weighted by Gasteiger charge is -2.41. The van der Waals surface area contributed by atoms with Crippen molar-refractivity contribution in [2.24, 2.45) is 5.92 Å². The third-order valence-electron chi connectivity index (χ3n) is 5.94. The fourth-order valence-corrected chi connectivity index (χ4v) is 4.39. The summed E-state index contributed by atoms with van der Waals surface area (Å²) < 4.78 is 5.82. The van der Waals surface area contributed by atoms with Crippen LogP contribution in [0.3, 0.4) is 0 Å². The summed E-state index contributed by atoms with van der Waals surface area (Å²) in [5, 5.41) is 11.3. The first kappa shape index (κ1) is 19.4. The number of pyridine rings is 1. The van der Waals surface area contributed by atoms with Gasteiger partial charge in [-0.15, -0.1) is 10.2 Å². The number of likely N-dealkylation sites (tertiary alicyclic amines) is 2. The molecule has 29 heavy (non-hydrogen) atoms. The van der Waals surface area contributed by atoms with E-state index in [0.717, 1.165) is 6.42 Å². The van der Waals surface area contributed by atoms with Gasteiger partial charge in [-0.3, -0.25) is 9.78 Å². The average molecular weight is 398 g/mol. The molecule has 0 spiro atoms. The van der Waals surface area contributed by atoms with Gasteiger partial charge in [-0.1, -0.05) is 6.92 Å². The van der Waals surface area contributed by atoms with Crippen molar-refractivity contribution in [3.05, 3.63) is 41.9 Å². The van der Waals surface area contributed by atoms with Crippen LogP contribution in [0, 0.1) is 12.8 Å². The fraction of sp³-hybridized carbons (Fsp3) is 0.550.